The van der Waals surface area contributed by atoms with Crippen LogP contribution < -0.4 is 109 Å². The third-order valence-corrected chi connectivity index (χ3v) is 14.5. The number of carbonyl (C=O) groups excluding carboxylic acids is 4. The molecule has 0 amide bonds. The Labute approximate surface area is 639 Å². The number of aliphatic hydroxyl groups excluding tert-OH is 1. The predicted molar refractivity (Wildman–Crippen MR) is 338 cm³/mol. The second-order valence-electron chi connectivity index (χ2n) is 20.4. The van der Waals surface area contributed by atoms with Gasteiger partial charge in [-0.1, -0.05) is 6.07 Å². The normalized spacial score (nSPS) is 10.1. The number of rotatable bonds is 14. The average Bonchev–Trinajstić information content (AvgIpc) is 1.68. The first-order valence-corrected chi connectivity index (χ1v) is 29.1. The van der Waals surface area contributed by atoms with Crippen LogP contribution in [0.5, 0.6) is 5.75 Å². The van der Waals surface area contributed by atoms with Crippen molar-refractivity contribution in [3.8, 4) is 72.6 Å². The number of aromatic carboxylic acids is 5. The van der Waals surface area contributed by atoms with Crippen LogP contribution in [0.1, 0.15) is 85.6 Å². The zero-order chi connectivity index (χ0) is 70.9. The van der Waals surface area contributed by atoms with Crippen molar-refractivity contribution in [1.29, 1.82) is 0 Å². The van der Waals surface area contributed by atoms with Crippen LogP contribution in [-0.4, -0.2) is 158 Å². The maximum absolute atomic E-state index is 13.0. The summed E-state index contributed by atoms with van der Waals surface area (Å²) < 4.78 is 25.9. The van der Waals surface area contributed by atoms with Gasteiger partial charge in [0, 0.05) is 101 Å². The molecule has 0 saturated carbocycles. The van der Waals surface area contributed by atoms with E-state index in [1.807, 2.05) is 57.3 Å². The molecule has 0 saturated heterocycles. The Bertz CT molecular complexity index is 4600. The Morgan fingerprint density at radius 2 is 0.930 bits per heavy atom. The number of nitrogens with zero attached hydrogens (tertiary/aromatic N) is 19. The molecule has 32 nitrogen and oxygen atoms in total. The molecule has 0 atom stereocenters. The number of aryl methyl sites for hydroxylation is 10. The maximum atomic E-state index is 13.0. The van der Waals surface area contributed by atoms with Gasteiger partial charge in [-0.05, 0) is 75.7 Å². The van der Waals surface area contributed by atoms with Crippen molar-refractivity contribution in [3.63, 3.8) is 0 Å². The number of halogens is 1. The van der Waals surface area contributed by atoms with Gasteiger partial charge in [0.2, 0.25) is 5.78 Å². The number of pyridine rings is 4. The van der Waals surface area contributed by atoms with Crippen molar-refractivity contribution in [2.45, 2.75) is 27.7 Å². The molecule has 3 N–H and O–H groups in total. The van der Waals surface area contributed by atoms with E-state index in [4.69, 9.17) is 20.1 Å². The van der Waals surface area contributed by atoms with Gasteiger partial charge < -0.3 is 49.8 Å². The van der Waals surface area contributed by atoms with E-state index in [2.05, 4.69) is 65.5 Å². The predicted octanol–water partition coefficient (Wildman–Crippen LogP) is -5.60. The SMILES string of the molecule is COc1cccnc1-c1cnn(C)c1C(=O)[O-].Cc1cccc(-c2cnn(C)c2C(=O)O)n1.Cc1ccnc(-c2cnn(C)c2C(=O)[O-])c1.Cc1cnc(-c2cnn(C)c2C(=O)CO)cn1.Cc1csc(-c2cnn(C)c2C(=O)O)n1.Cn1ncc(-c2cc(F)ccn2)c1C(=O)[O-].[Na+].[Na+].[Na+]. The summed E-state index contributed by atoms with van der Waals surface area (Å²) in [6.45, 7) is 6.93. The number of methoxy groups -OCH3 is 1. The van der Waals surface area contributed by atoms with E-state index in [0.717, 1.165) is 33.4 Å². The molecule has 100 heavy (non-hydrogen) atoms. The van der Waals surface area contributed by atoms with E-state index in [-0.39, 0.29) is 134 Å². The van der Waals surface area contributed by atoms with Gasteiger partial charge in [0.25, 0.3) is 0 Å². The minimum absolute atomic E-state index is 0. The molecule has 500 valence electrons. The van der Waals surface area contributed by atoms with Crippen LogP contribution in [0.3, 0.4) is 0 Å². The second-order valence-corrected chi connectivity index (χ2v) is 21.2. The van der Waals surface area contributed by atoms with Crippen LogP contribution in [0.15, 0.2) is 128 Å². The van der Waals surface area contributed by atoms with Gasteiger partial charge in [0.05, 0.1) is 136 Å². The van der Waals surface area contributed by atoms with Crippen LogP contribution in [0.2, 0.25) is 0 Å². The number of ether oxygens (including phenoxy) is 1. The van der Waals surface area contributed by atoms with Gasteiger partial charge in [-0.25, -0.2) is 19.0 Å². The zero-order valence-corrected chi connectivity index (χ0v) is 63.4. The average molecular weight is 1410 g/mol. The molecule has 0 aliphatic heterocycles. The minimum atomic E-state index is -1.37. The first kappa shape index (κ1) is 82.7. The van der Waals surface area contributed by atoms with Crippen molar-refractivity contribution < 1.29 is 157 Å². The van der Waals surface area contributed by atoms with Gasteiger partial charge in [-0.2, -0.15) is 30.6 Å². The molecular formula is C63H59FN19Na3O13S. The number of hydrogen-bond acceptors (Lipinski definition) is 25. The van der Waals surface area contributed by atoms with Crippen LogP contribution >= 0.6 is 11.3 Å². The van der Waals surface area contributed by atoms with Crippen molar-refractivity contribution in [2.24, 2.45) is 42.3 Å². The number of carboxylic acid groups (broad SMARTS) is 5. The first-order chi connectivity index (χ1) is 46.1. The molecule has 12 aromatic heterocycles. The third-order valence-electron chi connectivity index (χ3n) is 13.5. The van der Waals surface area contributed by atoms with Crippen LogP contribution in [0.25, 0.3) is 66.9 Å². The Morgan fingerprint density at radius 3 is 1.38 bits per heavy atom. The van der Waals surface area contributed by atoms with E-state index < -0.39 is 42.3 Å². The summed E-state index contributed by atoms with van der Waals surface area (Å²) in [4.78, 5) is 95.5. The van der Waals surface area contributed by atoms with Gasteiger partial charge >= 0.3 is 101 Å². The number of carbonyl (C=O) groups is 6. The molecule has 12 aromatic rings. The summed E-state index contributed by atoms with van der Waals surface area (Å²) in [6, 6.07) is 14.9. The Kier molecular flexibility index (Phi) is 31.4. The summed E-state index contributed by atoms with van der Waals surface area (Å²) >= 11 is 1.42. The van der Waals surface area contributed by atoms with E-state index in [1.54, 1.807) is 77.4 Å². The summed E-state index contributed by atoms with van der Waals surface area (Å²) in [5, 5.41) is 85.9. The van der Waals surface area contributed by atoms with Gasteiger partial charge in [0.1, 0.15) is 34.6 Å². The van der Waals surface area contributed by atoms with E-state index in [0.29, 0.717) is 67.0 Å². The third kappa shape index (κ3) is 20.7. The Balaban J connectivity index is 0.000000253. The summed E-state index contributed by atoms with van der Waals surface area (Å²) in [5.74, 6) is -6.30. The fraction of sp³-hybridized carbons (Fsp3) is 0.190. The standard InChI is InChI=1S/C11H12N4O2.C11H11N3O3.2C11H11N3O2.C10H8FN3O2.C9H9N3O2S.3Na/c1-7-3-13-9(5-12-7)8-4-14-15(2)11(8)10(17)6-16;1-14-10(11(15)16)7(6-13-14)9-8(17-2)4-3-5-12-9;1-7-3-4-12-9(5-7)8-6-13-14(2)10(8)11(15)16;1-7-4-3-5-9(13-7)8-6-12-14(2)10(8)11(15)16;1-14-9(10(15)16)7(5-13-14)8-4-6(11)2-3-12-8;1-5-4-15-8(11-5)6-3-10-12(2)7(6)9(13)14;;;/h3-5,16H,6H2,1-2H3;3-6H,1-2H3,(H,15,16);2*3-6H,1-2H3,(H,15,16);2-5H,1H3,(H,15,16);3-4H,1-2H3,(H,13,14);;;/q;;;;;;3*+1/p-3. The van der Waals surface area contributed by atoms with E-state index in [9.17, 15) is 48.5 Å². The number of hydrogen-bond donors (Lipinski definition) is 3. The van der Waals surface area contributed by atoms with Crippen molar-refractivity contribution in [2.75, 3.05) is 13.7 Å². The Morgan fingerprint density at radius 1 is 0.470 bits per heavy atom. The summed E-state index contributed by atoms with van der Waals surface area (Å²) in [5.41, 5.74) is 9.32. The number of aromatic nitrogens is 19. The fourth-order valence-corrected chi connectivity index (χ4v) is 9.85. The number of carboxylic acids is 5. The number of ketones is 1. The quantitative estimate of drug-likeness (QED) is 0.0675. The molecule has 0 unspecified atom stereocenters. The molecule has 12 rings (SSSR count). The zero-order valence-electron chi connectivity index (χ0n) is 56.5. The topological polar surface area (TPSA) is 439 Å². The van der Waals surface area contributed by atoms with E-state index in [1.165, 1.54) is 99.2 Å². The molecule has 0 aliphatic carbocycles. The summed E-state index contributed by atoms with van der Waals surface area (Å²) in [6.07, 6.45) is 16.5. The molecule has 0 spiro atoms. The number of Topliss-reactive ketones (excluding diaryl/α,β-unsaturated/α-hetero) is 1. The van der Waals surface area contributed by atoms with Crippen molar-refractivity contribution >= 4 is 47.0 Å². The number of thiazole rings is 1. The van der Waals surface area contributed by atoms with Crippen molar-refractivity contribution in [1.82, 2.24) is 93.6 Å². The van der Waals surface area contributed by atoms with Gasteiger partial charge in [-0.15, -0.1) is 11.3 Å². The van der Waals surface area contributed by atoms with Crippen LogP contribution in [-0.2, 0) is 42.3 Å². The molecule has 37 heteroatoms. The molecule has 0 radical (unpaired) electrons. The minimum Gasteiger partial charge on any atom is -0.543 e. The number of aliphatic hydroxyl groups is 1. The summed E-state index contributed by atoms with van der Waals surface area (Å²) in [7, 11) is 10.9. The first-order valence-electron chi connectivity index (χ1n) is 28.2. The largest absolute Gasteiger partial charge is 1.00 e. The smallest absolute Gasteiger partial charge is 0.543 e. The fourth-order valence-electron chi connectivity index (χ4n) is 9.04. The van der Waals surface area contributed by atoms with Gasteiger partial charge in [-0.3, -0.25) is 62.8 Å². The maximum Gasteiger partial charge on any atom is 1.00 e. The molecule has 12 heterocycles. The monoisotopic (exact) mass is 1410 g/mol. The molecular weight excluding hydrogens is 1350 g/mol. The van der Waals surface area contributed by atoms with Crippen LogP contribution in [0.4, 0.5) is 4.39 Å². The molecule has 0 aromatic carbocycles. The van der Waals surface area contributed by atoms with E-state index >= 15 is 0 Å². The molecule has 0 fully saturated rings. The Hall–Kier alpha value is -9.72. The van der Waals surface area contributed by atoms with Crippen LogP contribution in [0, 0.1) is 33.5 Å². The van der Waals surface area contributed by atoms with Crippen molar-refractivity contribution in [3.05, 3.63) is 191 Å². The molecule has 0 bridgehead atoms. The molecule has 0 aliphatic rings. The second kappa shape index (κ2) is 38.0. The van der Waals surface area contributed by atoms with Gasteiger partial charge in [0.15, 0.2) is 11.4 Å².